The quantitative estimate of drug-likeness (QED) is 0.717. The van der Waals surface area contributed by atoms with Crippen LogP contribution in [-0.4, -0.2) is 72.8 Å². The summed E-state index contributed by atoms with van der Waals surface area (Å²) in [6.45, 7) is 7.19. The molecule has 0 N–H and O–H groups in total. The summed E-state index contributed by atoms with van der Waals surface area (Å²) in [6.07, 6.45) is 1.42. The number of piperazine rings is 1. The van der Waals surface area contributed by atoms with Crippen LogP contribution < -0.4 is 4.90 Å². The van der Waals surface area contributed by atoms with Crippen molar-refractivity contribution in [3.63, 3.8) is 0 Å². The molecular weight excluding hydrogens is 414 g/mol. The van der Waals surface area contributed by atoms with Gasteiger partial charge >= 0.3 is 0 Å². The Bertz CT molecular complexity index is 1020. The maximum absolute atomic E-state index is 13.2. The second-order valence-corrected chi connectivity index (χ2v) is 10.2. The van der Waals surface area contributed by atoms with Gasteiger partial charge in [0.15, 0.2) is 0 Å². The smallest absolute Gasteiger partial charge is 0.243 e. The van der Waals surface area contributed by atoms with Crippen LogP contribution in [0.25, 0.3) is 0 Å². The van der Waals surface area contributed by atoms with E-state index in [2.05, 4.69) is 14.9 Å². The first-order chi connectivity index (χ1) is 14.8. The Morgan fingerprint density at radius 3 is 2.39 bits per heavy atom. The number of aryl methyl sites for hydroxylation is 2. The highest BCUT2D eigenvalue weighted by Crippen LogP contribution is 2.26. The third-order valence-corrected chi connectivity index (χ3v) is 7.86. The van der Waals surface area contributed by atoms with Crippen LogP contribution in [0.3, 0.4) is 0 Å². The van der Waals surface area contributed by atoms with Crippen LogP contribution in [0.1, 0.15) is 24.4 Å². The highest BCUT2D eigenvalue weighted by molar-refractivity contribution is 7.89. The van der Waals surface area contributed by atoms with Crippen molar-refractivity contribution in [3.05, 3.63) is 47.9 Å². The minimum Gasteiger partial charge on any atom is -0.353 e. The molecule has 0 bridgehead atoms. The van der Waals surface area contributed by atoms with Crippen molar-refractivity contribution in [2.45, 2.75) is 31.6 Å². The molecule has 1 aromatic carbocycles. The predicted molar refractivity (Wildman–Crippen MR) is 118 cm³/mol. The molecule has 1 atom stereocenters. The number of carbonyl (C=O) groups is 1. The molecule has 2 aliphatic rings. The van der Waals surface area contributed by atoms with E-state index < -0.39 is 10.0 Å². The van der Waals surface area contributed by atoms with Gasteiger partial charge in [-0.15, -0.1) is 0 Å². The first-order valence-corrected chi connectivity index (χ1v) is 12.2. The molecule has 4 rings (SSSR count). The van der Waals surface area contributed by atoms with E-state index in [-0.39, 0.29) is 23.3 Å². The van der Waals surface area contributed by atoms with Crippen LogP contribution in [-0.2, 0) is 14.8 Å². The summed E-state index contributed by atoms with van der Waals surface area (Å²) < 4.78 is 27.4. The first kappa shape index (κ1) is 21.7. The molecule has 0 radical (unpaired) electrons. The van der Waals surface area contributed by atoms with Crippen LogP contribution in [0.2, 0.25) is 0 Å². The molecule has 31 heavy (non-hydrogen) atoms. The Labute approximate surface area is 183 Å². The molecule has 9 heteroatoms. The number of piperidine rings is 1. The second-order valence-electron chi connectivity index (χ2n) is 8.24. The summed E-state index contributed by atoms with van der Waals surface area (Å²) in [5, 5.41) is 0. The highest BCUT2D eigenvalue weighted by atomic mass is 32.2. The fourth-order valence-electron chi connectivity index (χ4n) is 4.38. The Balaban J connectivity index is 1.39. The predicted octanol–water partition coefficient (Wildman–Crippen LogP) is 1.84. The van der Waals surface area contributed by atoms with Crippen molar-refractivity contribution in [3.8, 4) is 0 Å². The van der Waals surface area contributed by atoms with Gasteiger partial charge in [0.25, 0.3) is 0 Å². The van der Waals surface area contributed by atoms with Crippen LogP contribution >= 0.6 is 0 Å². The van der Waals surface area contributed by atoms with Gasteiger partial charge in [-0.1, -0.05) is 18.2 Å². The maximum Gasteiger partial charge on any atom is 0.243 e. The van der Waals surface area contributed by atoms with Gasteiger partial charge in [0.05, 0.1) is 10.8 Å². The van der Waals surface area contributed by atoms with E-state index in [9.17, 15) is 13.2 Å². The lowest BCUT2D eigenvalue weighted by atomic mass is 9.98. The maximum atomic E-state index is 13.2. The molecule has 166 valence electrons. The zero-order valence-corrected chi connectivity index (χ0v) is 18.9. The van der Waals surface area contributed by atoms with E-state index in [1.807, 2.05) is 24.8 Å². The summed E-state index contributed by atoms with van der Waals surface area (Å²) in [5.74, 6) is 1.41. The van der Waals surface area contributed by atoms with E-state index in [0.717, 1.165) is 23.8 Å². The average molecular weight is 444 g/mol. The van der Waals surface area contributed by atoms with Crippen LogP contribution in [0, 0.1) is 19.8 Å². The van der Waals surface area contributed by atoms with Gasteiger partial charge in [-0.25, -0.2) is 18.4 Å². The van der Waals surface area contributed by atoms with Gasteiger partial charge in [0.2, 0.25) is 15.9 Å². The number of sulfonamides is 1. The molecule has 2 aromatic rings. The average Bonchev–Trinajstić information content (AvgIpc) is 2.79. The van der Waals surface area contributed by atoms with Crippen molar-refractivity contribution >= 4 is 21.7 Å². The van der Waals surface area contributed by atoms with E-state index in [1.165, 1.54) is 4.31 Å². The fourth-order valence-corrected chi connectivity index (χ4v) is 5.92. The number of anilines is 1. The van der Waals surface area contributed by atoms with Gasteiger partial charge in [-0.3, -0.25) is 4.79 Å². The Hall–Kier alpha value is -2.52. The lowest BCUT2D eigenvalue weighted by molar-refractivity contribution is -0.137. The molecule has 1 unspecified atom stereocenters. The molecule has 2 aliphatic heterocycles. The van der Waals surface area contributed by atoms with E-state index in [4.69, 9.17) is 0 Å². The Kier molecular flexibility index (Phi) is 6.24. The number of benzene rings is 1. The molecule has 1 amide bonds. The molecule has 2 fully saturated rings. The van der Waals surface area contributed by atoms with Gasteiger partial charge in [0.1, 0.15) is 11.6 Å². The Morgan fingerprint density at radius 1 is 1.00 bits per heavy atom. The third-order valence-electron chi connectivity index (χ3n) is 5.98. The van der Waals surface area contributed by atoms with Gasteiger partial charge in [0, 0.05) is 51.0 Å². The van der Waals surface area contributed by atoms with E-state index in [1.54, 1.807) is 30.3 Å². The SMILES string of the molecule is Cc1cc(N2CCN(C(=O)C3CCCN(S(=O)(=O)c4ccccc4)C3)CC2)nc(C)n1. The number of rotatable bonds is 4. The summed E-state index contributed by atoms with van der Waals surface area (Å²) in [4.78, 5) is 26.4. The van der Waals surface area contributed by atoms with Crippen molar-refractivity contribution in [1.29, 1.82) is 0 Å². The topological polar surface area (TPSA) is 86.7 Å². The largest absolute Gasteiger partial charge is 0.353 e. The van der Waals surface area contributed by atoms with Crippen LogP contribution in [0.4, 0.5) is 5.82 Å². The van der Waals surface area contributed by atoms with Crippen molar-refractivity contribution < 1.29 is 13.2 Å². The second kappa shape index (κ2) is 8.92. The number of nitrogens with zero attached hydrogens (tertiary/aromatic N) is 5. The summed E-state index contributed by atoms with van der Waals surface area (Å²) >= 11 is 0. The molecule has 1 aromatic heterocycles. The van der Waals surface area contributed by atoms with Gasteiger partial charge in [-0.2, -0.15) is 4.31 Å². The Morgan fingerprint density at radius 2 is 1.71 bits per heavy atom. The summed E-state index contributed by atoms with van der Waals surface area (Å²) in [7, 11) is -3.57. The van der Waals surface area contributed by atoms with E-state index >= 15 is 0 Å². The third kappa shape index (κ3) is 4.72. The van der Waals surface area contributed by atoms with Crippen LogP contribution in [0.15, 0.2) is 41.3 Å². The fraction of sp³-hybridized carbons (Fsp3) is 0.500. The zero-order valence-electron chi connectivity index (χ0n) is 18.1. The molecule has 0 aliphatic carbocycles. The number of aromatic nitrogens is 2. The molecule has 0 spiro atoms. The molecule has 0 saturated carbocycles. The highest BCUT2D eigenvalue weighted by Gasteiger charge is 2.35. The van der Waals surface area contributed by atoms with Crippen molar-refractivity contribution in [2.24, 2.45) is 5.92 Å². The molecular formula is C22H29N5O3S. The summed E-state index contributed by atoms with van der Waals surface area (Å²) in [5.41, 5.74) is 0.933. The van der Waals surface area contributed by atoms with Gasteiger partial charge < -0.3 is 9.80 Å². The monoisotopic (exact) mass is 443 g/mol. The van der Waals surface area contributed by atoms with Gasteiger partial charge in [-0.05, 0) is 38.8 Å². The molecule has 3 heterocycles. The zero-order chi connectivity index (χ0) is 22.0. The first-order valence-electron chi connectivity index (χ1n) is 10.8. The number of carbonyl (C=O) groups excluding carboxylic acids is 1. The minimum absolute atomic E-state index is 0.0580. The lowest BCUT2D eigenvalue weighted by Gasteiger charge is -2.39. The normalized spacial score (nSPS) is 20.6. The molecule has 2 saturated heterocycles. The lowest BCUT2D eigenvalue weighted by Crippen LogP contribution is -2.53. The van der Waals surface area contributed by atoms with E-state index in [0.29, 0.717) is 39.1 Å². The molecule has 8 nitrogen and oxygen atoms in total. The number of hydrogen-bond acceptors (Lipinski definition) is 6. The standard InChI is InChI=1S/C22H29N5O3S/c1-17-15-21(24-18(2)23-17)25-11-13-26(14-12-25)22(28)19-7-6-10-27(16-19)31(29,30)20-8-4-3-5-9-20/h3-5,8-9,15,19H,6-7,10-14,16H2,1-2H3. The van der Waals surface area contributed by atoms with Crippen molar-refractivity contribution in [2.75, 3.05) is 44.2 Å². The number of hydrogen-bond donors (Lipinski definition) is 0. The minimum atomic E-state index is -3.57. The summed E-state index contributed by atoms with van der Waals surface area (Å²) in [6, 6.07) is 10.4. The number of amides is 1. The van der Waals surface area contributed by atoms with Crippen LogP contribution in [0.5, 0.6) is 0 Å². The van der Waals surface area contributed by atoms with Crippen molar-refractivity contribution in [1.82, 2.24) is 19.2 Å².